The molecule has 0 radical (unpaired) electrons. The Bertz CT molecular complexity index is 1180. The fraction of sp³-hybridized carbons (Fsp3) is 0.143. The summed E-state index contributed by atoms with van der Waals surface area (Å²) in [5.41, 5.74) is 0.896. The minimum absolute atomic E-state index is 0.250. The highest BCUT2D eigenvalue weighted by atomic mass is 35.5. The number of ether oxygens (including phenoxy) is 2. The Morgan fingerprint density at radius 3 is 2.44 bits per heavy atom. The van der Waals surface area contributed by atoms with Crippen molar-refractivity contribution in [3.8, 4) is 23.3 Å². The predicted molar refractivity (Wildman–Crippen MR) is 119 cm³/mol. The molecular weight excluding hydrogens is 459 g/mol. The number of hydrogen-bond donors (Lipinski definition) is 0. The van der Waals surface area contributed by atoms with E-state index in [0.717, 1.165) is 6.33 Å². The van der Waals surface area contributed by atoms with Crippen LogP contribution in [-0.4, -0.2) is 40.2 Å². The molecule has 11 heteroatoms. The number of para-hydroxylation sites is 2. The van der Waals surface area contributed by atoms with Crippen molar-refractivity contribution >= 4 is 34.1 Å². The van der Waals surface area contributed by atoms with Gasteiger partial charge in [-0.05, 0) is 24.3 Å². The van der Waals surface area contributed by atoms with Crippen molar-refractivity contribution < 1.29 is 23.5 Å². The monoisotopic (exact) mass is 474 g/mol. The summed E-state index contributed by atoms with van der Waals surface area (Å²) in [5.74, 6) is -0.320. The van der Waals surface area contributed by atoms with Gasteiger partial charge in [-0.1, -0.05) is 57.9 Å². The molecule has 0 aliphatic carbocycles. The number of aromatic nitrogens is 2. The van der Waals surface area contributed by atoms with Gasteiger partial charge in [0.15, 0.2) is 5.04 Å². The molecule has 0 fully saturated rings. The van der Waals surface area contributed by atoms with Crippen LogP contribution in [0.3, 0.4) is 0 Å². The summed E-state index contributed by atoms with van der Waals surface area (Å²) >= 11 is 7.54. The van der Waals surface area contributed by atoms with Crippen LogP contribution < -0.4 is 9.47 Å². The predicted octanol–water partition coefficient (Wildman–Crippen LogP) is 5.28. The molecule has 32 heavy (non-hydrogen) atoms. The molecule has 1 aliphatic heterocycles. The van der Waals surface area contributed by atoms with Gasteiger partial charge in [0, 0.05) is 11.3 Å². The standard InChI is InChI=1S/C21H16ClFN4O4S/c1-28-26-18(21-27-29-10-11-32-21)13-6-2-4-8-15(13)30-19-17(23)20(25-12-24-19)31-16-9-5-3-7-14(16)22/h2-9,12H,10-11H2,1H3. The average molecular weight is 475 g/mol. The molecule has 1 aromatic heterocycles. The van der Waals surface area contributed by atoms with E-state index in [4.69, 9.17) is 30.7 Å². The molecular formula is C21H16ClFN4O4S. The number of nitrogens with zero attached hydrogens (tertiary/aromatic N) is 4. The molecule has 164 valence electrons. The molecule has 0 atom stereocenters. The van der Waals surface area contributed by atoms with E-state index in [1.807, 2.05) is 0 Å². The van der Waals surface area contributed by atoms with Crippen molar-refractivity contribution in [2.24, 2.45) is 10.3 Å². The van der Waals surface area contributed by atoms with Gasteiger partial charge in [0.2, 0.25) is 5.82 Å². The van der Waals surface area contributed by atoms with E-state index in [1.54, 1.807) is 48.5 Å². The zero-order chi connectivity index (χ0) is 22.3. The second-order valence-corrected chi connectivity index (χ2v) is 7.62. The zero-order valence-corrected chi connectivity index (χ0v) is 18.3. The first-order valence-electron chi connectivity index (χ1n) is 9.31. The quantitative estimate of drug-likeness (QED) is 0.340. The van der Waals surface area contributed by atoms with Crippen LogP contribution in [0.15, 0.2) is 65.2 Å². The van der Waals surface area contributed by atoms with Crippen LogP contribution >= 0.6 is 23.4 Å². The van der Waals surface area contributed by atoms with E-state index in [1.165, 1.54) is 18.9 Å². The number of rotatable bonds is 7. The van der Waals surface area contributed by atoms with E-state index in [2.05, 4.69) is 20.3 Å². The highest BCUT2D eigenvalue weighted by Crippen LogP contribution is 2.34. The van der Waals surface area contributed by atoms with Crippen molar-refractivity contribution in [3.63, 3.8) is 0 Å². The van der Waals surface area contributed by atoms with Gasteiger partial charge in [-0.3, -0.25) is 0 Å². The highest BCUT2D eigenvalue weighted by Gasteiger charge is 2.23. The van der Waals surface area contributed by atoms with Gasteiger partial charge in [-0.2, -0.15) is 14.4 Å². The first kappa shape index (κ1) is 21.8. The maximum absolute atomic E-state index is 15.1. The van der Waals surface area contributed by atoms with Crippen LogP contribution in [0.25, 0.3) is 0 Å². The van der Waals surface area contributed by atoms with Crippen molar-refractivity contribution in [1.82, 2.24) is 9.97 Å². The summed E-state index contributed by atoms with van der Waals surface area (Å²) in [6.45, 7) is 0.493. The summed E-state index contributed by atoms with van der Waals surface area (Å²) < 4.78 is 26.4. The van der Waals surface area contributed by atoms with E-state index < -0.39 is 5.82 Å². The summed E-state index contributed by atoms with van der Waals surface area (Å²) in [5, 5.41) is 8.93. The van der Waals surface area contributed by atoms with Gasteiger partial charge < -0.3 is 19.1 Å². The summed E-state index contributed by atoms with van der Waals surface area (Å²) in [6, 6.07) is 13.6. The minimum atomic E-state index is -0.889. The van der Waals surface area contributed by atoms with E-state index in [-0.39, 0.29) is 23.3 Å². The van der Waals surface area contributed by atoms with Crippen molar-refractivity contribution in [2.45, 2.75) is 0 Å². The molecule has 0 bridgehead atoms. The van der Waals surface area contributed by atoms with E-state index in [0.29, 0.717) is 33.7 Å². The van der Waals surface area contributed by atoms with E-state index in [9.17, 15) is 0 Å². The maximum Gasteiger partial charge on any atom is 0.263 e. The van der Waals surface area contributed by atoms with Gasteiger partial charge in [-0.25, -0.2) is 0 Å². The Morgan fingerprint density at radius 2 is 1.75 bits per heavy atom. The molecule has 3 aromatic rings. The SMILES string of the molecule is CON=C(C1=NOCCS1)c1ccccc1Oc1ncnc(Oc2ccccc2Cl)c1F. The molecule has 0 amide bonds. The van der Waals surface area contributed by atoms with Crippen LogP contribution in [0.5, 0.6) is 23.3 Å². The Labute approximate surface area is 192 Å². The van der Waals surface area contributed by atoms with Gasteiger partial charge in [0.05, 0.1) is 5.02 Å². The normalized spacial score (nSPS) is 13.7. The van der Waals surface area contributed by atoms with Crippen LogP contribution in [0.1, 0.15) is 5.56 Å². The lowest BCUT2D eigenvalue weighted by atomic mass is 10.1. The molecule has 2 aromatic carbocycles. The third-order valence-electron chi connectivity index (χ3n) is 4.06. The molecule has 0 saturated heterocycles. The number of hydrogen-bond acceptors (Lipinski definition) is 9. The molecule has 0 N–H and O–H groups in total. The smallest absolute Gasteiger partial charge is 0.263 e. The molecule has 4 rings (SSSR count). The van der Waals surface area contributed by atoms with Crippen LogP contribution in [-0.2, 0) is 9.68 Å². The average Bonchev–Trinajstić information content (AvgIpc) is 2.82. The van der Waals surface area contributed by atoms with Gasteiger partial charge in [-0.15, -0.1) is 0 Å². The second kappa shape index (κ2) is 10.3. The first-order chi connectivity index (χ1) is 15.7. The molecule has 8 nitrogen and oxygen atoms in total. The Balaban J connectivity index is 1.66. The zero-order valence-electron chi connectivity index (χ0n) is 16.7. The topological polar surface area (TPSA) is 87.4 Å². The third-order valence-corrected chi connectivity index (χ3v) is 5.29. The highest BCUT2D eigenvalue weighted by molar-refractivity contribution is 8.15. The number of thioether (sulfide) groups is 1. The largest absolute Gasteiger partial charge is 0.436 e. The first-order valence-corrected chi connectivity index (χ1v) is 10.7. The number of oxime groups is 2. The van der Waals surface area contributed by atoms with Crippen molar-refractivity contribution in [2.75, 3.05) is 19.5 Å². The van der Waals surface area contributed by atoms with Crippen molar-refractivity contribution in [3.05, 3.63) is 71.3 Å². The molecule has 0 saturated carbocycles. The molecule has 1 aliphatic rings. The minimum Gasteiger partial charge on any atom is -0.436 e. The molecule has 0 spiro atoms. The lowest BCUT2D eigenvalue weighted by Gasteiger charge is -2.16. The molecule has 0 unspecified atom stereocenters. The second-order valence-electron chi connectivity index (χ2n) is 6.13. The third kappa shape index (κ3) is 4.92. The van der Waals surface area contributed by atoms with Crippen LogP contribution in [0.4, 0.5) is 4.39 Å². The number of benzene rings is 2. The summed E-state index contributed by atoms with van der Waals surface area (Å²) in [7, 11) is 1.42. The Morgan fingerprint density at radius 1 is 1.06 bits per heavy atom. The van der Waals surface area contributed by atoms with Gasteiger partial charge >= 0.3 is 0 Å². The molecule has 2 heterocycles. The number of halogens is 2. The summed E-state index contributed by atoms with van der Waals surface area (Å²) in [4.78, 5) is 17.9. The lowest BCUT2D eigenvalue weighted by Crippen LogP contribution is -2.19. The fourth-order valence-electron chi connectivity index (χ4n) is 2.68. The Kier molecular flexibility index (Phi) is 7.03. The Hall–Kier alpha value is -3.37. The maximum atomic E-state index is 15.1. The van der Waals surface area contributed by atoms with E-state index >= 15 is 4.39 Å². The van der Waals surface area contributed by atoms with Crippen molar-refractivity contribution in [1.29, 1.82) is 0 Å². The fourth-order valence-corrected chi connectivity index (χ4v) is 3.60. The van der Waals surface area contributed by atoms with Crippen LogP contribution in [0.2, 0.25) is 5.02 Å². The van der Waals surface area contributed by atoms with Crippen LogP contribution in [0, 0.1) is 5.82 Å². The summed E-state index contributed by atoms with van der Waals surface area (Å²) in [6.07, 6.45) is 1.13. The van der Waals surface area contributed by atoms with Gasteiger partial charge in [0.1, 0.15) is 37.3 Å². The van der Waals surface area contributed by atoms with Gasteiger partial charge in [0.25, 0.3) is 11.8 Å². The lowest BCUT2D eigenvalue weighted by molar-refractivity contribution is 0.160.